The number of hydrogen-bond donors (Lipinski definition) is 0. The van der Waals surface area contributed by atoms with Crippen molar-refractivity contribution in [1.82, 2.24) is 5.01 Å². The molecule has 0 fully saturated rings. The Bertz CT molecular complexity index is 1180. The first kappa shape index (κ1) is 21.8. The van der Waals surface area contributed by atoms with Crippen LogP contribution in [0.4, 0.5) is 0 Å². The summed E-state index contributed by atoms with van der Waals surface area (Å²) in [6.07, 6.45) is 0.566. The number of halogens is 3. The molecule has 2 heterocycles. The summed E-state index contributed by atoms with van der Waals surface area (Å²) in [6, 6.07) is 20.1. The predicted octanol–water partition coefficient (Wildman–Crippen LogP) is 7.89. The Morgan fingerprint density at radius 1 is 1.06 bits per heavy atom. The minimum atomic E-state index is -0.345. The molecule has 4 nitrogen and oxygen atoms in total. The fourth-order valence-corrected chi connectivity index (χ4v) is 5.61. The molecule has 2 atom stereocenters. The molecule has 0 saturated heterocycles. The Balaban J connectivity index is 1.56. The van der Waals surface area contributed by atoms with Gasteiger partial charge in [-0.05, 0) is 83.9 Å². The van der Waals surface area contributed by atoms with Gasteiger partial charge in [0.1, 0.15) is 11.5 Å². The molecule has 2 aliphatic heterocycles. The Hall–Kier alpha value is -2.02. The summed E-state index contributed by atoms with van der Waals surface area (Å²) in [7, 11) is 0. The van der Waals surface area contributed by atoms with E-state index in [0.717, 1.165) is 49.3 Å². The van der Waals surface area contributed by atoms with Crippen LogP contribution in [0.2, 0.25) is 5.02 Å². The van der Waals surface area contributed by atoms with Gasteiger partial charge in [-0.3, -0.25) is 0 Å². The molecule has 0 saturated carbocycles. The van der Waals surface area contributed by atoms with Crippen LogP contribution >= 0.6 is 43.5 Å². The largest absolute Gasteiger partial charge is 0.491 e. The lowest BCUT2D eigenvalue weighted by Gasteiger charge is -2.38. The topological polar surface area (TPSA) is 34.1 Å². The second-order valence-corrected chi connectivity index (χ2v) is 10.4. The van der Waals surface area contributed by atoms with Crippen LogP contribution in [-0.2, 0) is 0 Å². The van der Waals surface area contributed by atoms with Gasteiger partial charge in [-0.2, -0.15) is 5.10 Å². The third-order valence-electron chi connectivity index (χ3n) is 5.52. The van der Waals surface area contributed by atoms with Gasteiger partial charge in [0.2, 0.25) is 6.23 Å². The van der Waals surface area contributed by atoms with Gasteiger partial charge in [0.25, 0.3) is 0 Å². The molecule has 0 bridgehead atoms. The van der Waals surface area contributed by atoms with Crippen molar-refractivity contribution in [3.05, 3.63) is 91.3 Å². The Morgan fingerprint density at radius 3 is 2.47 bits per heavy atom. The molecule has 7 heteroatoms. The highest BCUT2D eigenvalue weighted by Gasteiger charge is 2.42. The van der Waals surface area contributed by atoms with E-state index in [1.807, 2.05) is 68.4 Å². The minimum Gasteiger partial charge on any atom is -0.491 e. The lowest BCUT2D eigenvalue weighted by molar-refractivity contribution is -0.0197. The molecule has 0 aromatic heterocycles. The zero-order valence-electron chi connectivity index (χ0n) is 17.6. The van der Waals surface area contributed by atoms with Crippen LogP contribution in [-0.4, -0.2) is 16.8 Å². The number of nitrogens with zero attached hydrogens (tertiary/aromatic N) is 2. The van der Waals surface area contributed by atoms with Gasteiger partial charge in [-0.15, -0.1) is 0 Å². The van der Waals surface area contributed by atoms with Gasteiger partial charge in [-0.25, -0.2) is 5.01 Å². The molecule has 5 rings (SSSR count). The second kappa shape index (κ2) is 8.73. The van der Waals surface area contributed by atoms with Gasteiger partial charge < -0.3 is 9.47 Å². The van der Waals surface area contributed by atoms with E-state index >= 15 is 0 Å². The van der Waals surface area contributed by atoms with Crippen LogP contribution < -0.4 is 9.47 Å². The van der Waals surface area contributed by atoms with Crippen molar-refractivity contribution >= 4 is 49.2 Å². The summed E-state index contributed by atoms with van der Waals surface area (Å²) in [6.45, 7) is 4.04. The average molecular weight is 577 g/mol. The molecule has 0 radical (unpaired) electrons. The van der Waals surface area contributed by atoms with Crippen molar-refractivity contribution in [2.75, 3.05) is 0 Å². The summed E-state index contributed by atoms with van der Waals surface area (Å²) in [4.78, 5) is 0. The Morgan fingerprint density at radius 2 is 1.78 bits per heavy atom. The van der Waals surface area contributed by atoms with Crippen molar-refractivity contribution in [2.45, 2.75) is 38.6 Å². The van der Waals surface area contributed by atoms with Crippen LogP contribution in [0, 0.1) is 0 Å². The highest BCUT2D eigenvalue weighted by Crippen LogP contribution is 2.51. The maximum atomic E-state index is 6.53. The van der Waals surface area contributed by atoms with Crippen LogP contribution in [0.25, 0.3) is 0 Å². The van der Waals surface area contributed by atoms with Crippen molar-refractivity contribution < 1.29 is 9.47 Å². The van der Waals surface area contributed by atoms with E-state index in [2.05, 4.69) is 42.9 Å². The second-order valence-electron chi connectivity index (χ2n) is 8.17. The zero-order valence-corrected chi connectivity index (χ0v) is 21.5. The van der Waals surface area contributed by atoms with Crippen LogP contribution in [0.1, 0.15) is 49.2 Å². The normalized spacial score (nSPS) is 19.3. The van der Waals surface area contributed by atoms with Gasteiger partial charge in [0.15, 0.2) is 0 Å². The van der Waals surface area contributed by atoms with Crippen LogP contribution in [0.15, 0.2) is 74.7 Å². The lowest BCUT2D eigenvalue weighted by Crippen LogP contribution is -2.33. The van der Waals surface area contributed by atoms with E-state index < -0.39 is 0 Å². The van der Waals surface area contributed by atoms with Gasteiger partial charge in [-0.1, -0.05) is 39.7 Å². The van der Waals surface area contributed by atoms with E-state index in [1.165, 1.54) is 0 Å². The summed E-state index contributed by atoms with van der Waals surface area (Å²) >= 11 is 13.4. The van der Waals surface area contributed by atoms with E-state index in [-0.39, 0.29) is 18.4 Å². The summed E-state index contributed by atoms with van der Waals surface area (Å²) < 4.78 is 14.3. The summed E-state index contributed by atoms with van der Waals surface area (Å²) in [5.74, 6) is 1.70. The van der Waals surface area contributed by atoms with Crippen LogP contribution in [0.5, 0.6) is 11.5 Å². The Kier molecular flexibility index (Phi) is 5.95. The SMILES string of the molecule is CC(C)Oc1ccc(C2Oc3c(Br)cc(Br)cc3C3CC(c4ccc(Cl)cc4)=NN32)cc1. The summed E-state index contributed by atoms with van der Waals surface area (Å²) in [5, 5.41) is 7.81. The number of fused-ring (bicyclic) bond motifs is 3. The zero-order chi connectivity index (χ0) is 22.4. The number of benzene rings is 3. The molecule has 3 aromatic carbocycles. The van der Waals surface area contributed by atoms with E-state index in [9.17, 15) is 0 Å². The van der Waals surface area contributed by atoms with Crippen molar-refractivity contribution in [1.29, 1.82) is 0 Å². The fourth-order valence-electron chi connectivity index (χ4n) is 4.13. The van der Waals surface area contributed by atoms with Crippen LogP contribution in [0.3, 0.4) is 0 Å². The smallest absolute Gasteiger partial charge is 0.213 e. The minimum absolute atomic E-state index is 0.0646. The molecule has 2 unspecified atom stereocenters. The predicted molar refractivity (Wildman–Crippen MR) is 135 cm³/mol. The molecule has 0 N–H and O–H groups in total. The number of hydrogen-bond acceptors (Lipinski definition) is 4. The standard InChI is InChI=1S/C25H21Br2ClN2O2/c1-14(2)31-19-9-5-16(6-10-19)25-30-23(20-11-17(26)12-21(27)24(20)32-25)13-22(29-30)15-3-7-18(28)8-4-15/h3-12,14,23,25H,13H2,1-2H3. The molecule has 0 amide bonds. The highest BCUT2D eigenvalue weighted by atomic mass is 79.9. The van der Waals surface area contributed by atoms with Crippen molar-refractivity contribution in [3.8, 4) is 11.5 Å². The number of hydrazone groups is 1. The first-order chi connectivity index (χ1) is 15.4. The molecule has 3 aromatic rings. The highest BCUT2D eigenvalue weighted by molar-refractivity contribution is 9.11. The van der Waals surface area contributed by atoms with Gasteiger partial charge >= 0.3 is 0 Å². The van der Waals surface area contributed by atoms with Gasteiger partial charge in [0, 0.05) is 27.0 Å². The first-order valence-corrected chi connectivity index (χ1v) is 12.4. The molecular weight excluding hydrogens is 556 g/mol. The lowest BCUT2D eigenvalue weighted by atomic mass is 9.96. The Labute approximate surface area is 209 Å². The molecule has 164 valence electrons. The average Bonchev–Trinajstić information content (AvgIpc) is 3.20. The third-order valence-corrected chi connectivity index (χ3v) is 6.82. The molecular formula is C25H21Br2ClN2O2. The molecule has 2 aliphatic rings. The monoisotopic (exact) mass is 574 g/mol. The van der Waals surface area contributed by atoms with E-state index in [0.29, 0.717) is 5.02 Å². The maximum absolute atomic E-state index is 6.53. The number of rotatable bonds is 4. The summed E-state index contributed by atoms with van der Waals surface area (Å²) in [5.41, 5.74) is 4.21. The fraction of sp³-hybridized carbons (Fsp3) is 0.240. The quantitative estimate of drug-likeness (QED) is 0.317. The van der Waals surface area contributed by atoms with Crippen molar-refractivity contribution in [3.63, 3.8) is 0 Å². The van der Waals surface area contributed by atoms with Gasteiger partial charge in [0.05, 0.1) is 22.3 Å². The molecule has 0 spiro atoms. The van der Waals surface area contributed by atoms with E-state index in [1.54, 1.807) is 0 Å². The third kappa shape index (κ3) is 4.16. The molecule has 0 aliphatic carbocycles. The maximum Gasteiger partial charge on any atom is 0.213 e. The molecule has 32 heavy (non-hydrogen) atoms. The first-order valence-electron chi connectivity index (χ1n) is 10.4. The van der Waals surface area contributed by atoms with Crippen molar-refractivity contribution in [2.24, 2.45) is 5.10 Å². The van der Waals surface area contributed by atoms with E-state index in [4.69, 9.17) is 26.2 Å². The number of ether oxygens (including phenoxy) is 2.